The van der Waals surface area contributed by atoms with Crippen LogP contribution < -0.4 is 5.32 Å². The first-order chi connectivity index (χ1) is 11.5. The second kappa shape index (κ2) is 5.66. The van der Waals surface area contributed by atoms with Gasteiger partial charge in [0.25, 0.3) is 12.3 Å². The fraction of sp³-hybridized carbons (Fsp3) is 0.400. The van der Waals surface area contributed by atoms with Gasteiger partial charge in [0.05, 0.1) is 16.9 Å². The predicted molar refractivity (Wildman–Crippen MR) is 85.4 cm³/mol. The number of hydrogen-bond acceptors (Lipinski definition) is 4. The fourth-order valence-corrected chi connectivity index (χ4v) is 4.10. The van der Waals surface area contributed by atoms with E-state index in [1.807, 2.05) is 0 Å². The average molecular weight is 351 g/mol. The number of imidazole rings is 1. The number of carbonyl (C=O) groups is 1. The van der Waals surface area contributed by atoms with Gasteiger partial charge in [-0.2, -0.15) is 5.10 Å². The third kappa shape index (κ3) is 2.48. The molecule has 3 aromatic rings. The lowest BCUT2D eigenvalue weighted by atomic mass is 9.96. The van der Waals surface area contributed by atoms with Crippen LogP contribution >= 0.6 is 11.3 Å². The number of nitrogens with zero attached hydrogens (tertiary/aromatic N) is 3. The Bertz CT molecular complexity index is 912. The molecule has 0 aliphatic heterocycles. The van der Waals surface area contributed by atoms with E-state index in [9.17, 15) is 13.6 Å². The highest BCUT2D eigenvalue weighted by molar-refractivity contribution is 7.20. The normalized spacial score (nSPS) is 17.4. The van der Waals surface area contributed by atoms with E-state index in [2.05, 4.69) is 20.4 Å². The third-order valence-electron chi connectivity index (χ3n) is 4.29. The van der Waals surface area contributed by atoms with Gasteiger partial charge in [-0.1, -0.05) is 0 Å². The molecule has 3 aromatic heterocycles. The van der Waals surface area contributed by atoms with Gasteiger partial charge in [-0.15, -0.1) is 11.3 Å². The van der Waals surface area contributed by atoms with Gasteiger partial charge in [-0.05, 0) is 18.9 Å². The largest absolute Gasteiger partial charge is 0.348 e. The standard InChI is InChI=1S/C15H15F2N5OS/c1-22-15-8(12(21-22)13(16)17)5-11(24-15)14(23)20-7-2-3-9-10(4-7)19-6-18-9/h5-7,13H,2-4H2,1H3,(H,18,19)(H,20,23). The Labute approximate surface area is 139 Å². The number of aromatic amines is 1. The number of carbonyl (C=O) groups excluding carboxylic acids is 1. The molecule has 1 aliphatic rings. The van der Waals surface area contributed by atoms with Crippen LogP contribution in [0.4, 0.5) is 8.78 Å². The molecule has 6 nitrogen and oxygen atoms in total. The van der Waals surface area contributed by atoms with E-state index in [0.29, 0.717) is 21.5 Å². The molecule has 1 unspecified atom stereocenters. The van der Waals surface area contributed by atoms with Crippen LogP contribution in [0.5, 0.6) is 0 Å². The highest BCUT2D eigenvalue weighted by Gasteiger charge is 2.25. The fourth-order valence-electron chi connectivity index (χ4n) is 3.12. The maximum Gasteiger partial charge on any atom is 0.282 e. The van der Waals surface area contributed by atoms with Crippen LogP contribution in [-0.2, 0) is 19.9 Å². The van der Waals surface area contributed by atoms with Crippen molar-refractivity contribution in [2.45, 2.75) is 31.7 Å². The number of alkyl halides is 2. The van der Waals surface area contributed by atoms with Crippen molar-refractivity contribution in [3.63, 3.8) is 0 Å². The van der Waals surface area contributed by atoms with E-state index in [1.54, 1.807) is 13.4 Å². The van der Waals surface area contributed by atoms with Gasteiger partial charge in [0.1, 0.15) is 10.5 Å². The van der Waals surface area contributed by atoms with Crippen molar-refractivity contribution in [3.8, 4) is 0 Å². The van der Waals surface area contributed by atoms with E-state index in [-0.39, 0.29) is 17.6 Å². The first-order valence-electron chi connectivity index (χ1n) is 7.59. The smallest absolute Gasteiger partial charge is 0.282 e. The van der Waals surface area contributed by atoms with Gasteiger partial charge in [-0.3, -0.25) is 9.48 Å². The molecule has 1 aliphatic carbocycles. The van der Waals surface area contributed by atoms with Crippen LogP contribution in [0.15, 0.2) is 12.4 Å². The van der Waals surface area contributed by atoms with E-state index in [1.165, 1.54) is 22.1 Å². The Balaban J connectivity index is 1.55. The number of aryl methyl sites for hydroxylation is 2. The van der Waals surface area contributed by atoms with Crippen molar-refractivity contribution in [1.29, 1.82) is 0 Å². The summed E-state index contributed by atoms with van der Waals surface area (Å²) in [4.78, 5) is 20.8. The number of nitrogens with one attached hydrogen (secondary N) is 2. The first-order valence-corrected chi connectivity index (χ1v) is 8.41. The van der Waals surface area contributed by atoms with Crippen molar-refractivity contribution >= 4 is 27.5 Å². The molecule has 9 heteroatoms. The monoisotopic (exact) mass is 351 g/mol. The summed E-state index contributed by atoms with van der Waals surface area (Å²) < 4.78 is 27.4. The lowest BCUT2D eigenvalue weighted by Crippen LogP contribution is -2.38. The maximum absolute atomic E-state index is 13.0. The van der Waals surface area contributed by atoms with Crippen LogP contribution in [0.1, 0.15) is 39.6 Å². The Morgan fingerprint density at radius 1 is 1.54 bits per heavy atom. The summed E-state index contributed by atoms with van der Waals surface area (Å²) in [6, 6.07) is 1.53. The molecular formula is C15H15F2N5OS. The molecule has 24 heavy (non-hydrogen) atoms. The number of thiophene rings is 1. The van der Waals surface area contributed by atoms with Crippen LogP contribution in [0, 0.1) is 0 Å². The van der Waals surface area contributed by atoms with Gasteiger partial charge < -0.3 is 10.3 Å². The molecule has 0 aromatic carbocycles. The molecule has 1 atom stereocenters. The molecule has 0 saturated heterocycles. The Hall–Kier alpha value is -2.29. The second-order valence-corrected chi connectivity index (χ2v) is 6.91. The minimum Gasteiger partial charge on any atom is -0.348 e. The molecule has 0 fully saturated rings. The number of rotatable bonds is 3. The van der Waals surface area contributed by atoms with E-state index >= 15 is 0 Å². The first kappa shape index (κ1) is 15.3. The summed E-state index contributed by atoms with van der Waals surface area (Å²) in [6.45, 7) is 0. The van der Waals surface area contributed by atoms with Crippen molar-refractivity contribution in [3.05, 3.63) is 34.4 Å². The predicted octanol–water partition coefficient (Wildman–Crippen LogP) is 2.58. The van der Waals surface area contributed by atoms with Crippen molar-refractivity contribution in [1.82, 2.24) is 25.1 Å². The summed E-state index contributed by atoms with van der Waals surface area (Å²) in [6.07, 6.45) is 1.35. The molecule has 0 spiro atoms. The summed E-state index contributed by atoms with van der Waals surface area (Å²) in [5.74, 6) is -0.232. The van der Waals surface area contributed by atoms with Crippen molar-refractivity contribution in [2.24, 2.45) is 7.05 Å². The molecule has 3 heterocycles. The molecule has 0 bridgehead atoms. The SMILES string of the molecule is Cn1nc(C(F)F)c2cc(C(=O)NC3CCc4nc[nH]c4C3)sc21. The lowest BCUT2D eigenvalue weighted by Gasteiger charge is -2.22. The van der Waals surface area contributed by atoms with Crippen LogP contribution in [0.3, 0.4) is 0 Å². The molecule has 0 radical (unpaired) electrons. The van der Waals surface area contributed by atoms with E-state index in [0.717, 1.165) is 24.2 Å². The summed E-state index contributed by atoms with van der Waals surface area (Å²) in [7, 11) is 1.60. The van der Waals surface area contributed by atoms with E-state index in [4.69, 9.17) is 0 Å². The van der Waals surface area contributed by atoms with Crippen LogP contribution in [0.25, 0.3) is 10.2 Å². The summed E-state index contributed by atoms with van der Waals surface area (Å²) in [5.41, 5.74) is 1.82. The van der Waals surface area contributed by atoms with Crippen LogP contribution in [-0.4, -0.2) is 31.7 Å². The number of amides is 1. The lowest BCUT2D eigenvalue weighted by molar-refractivity contribution is 0.0937. The molecule has 126 valence electrons. The number of hydrogen-bond donors (Lipinski definition) is 2. The second-order valence-electron chi connectivity index (χ2n) is 5.88. The van der Waals surface area contributed by atoms with Gasteiger partial charge in [0.2, 0.25) is 0 Å². The molecule has 0 saturated carbocycles. The summed E-state index contributed by atoms with van der Waals surface area (Å²) >= 11 is 1.18. The zero-order valence-electron chi connectivity index (χ0n) is 12.8. The minimum absolute atomic E-state index is 0.0170. The zero-order valence-corrected chi connectivity index (χ0v) is 13.7. The average Bonchev–Trinajstić information content (AvgIpc) is 3.23. The molecular weight excluding hydrogens is 336 g/mol. The Kier molecular flexibility index (Phi) is 3.60. The molecule has 4 rings (SSSR count). The number of fused-ring (bicyclic) bond motifs is 2. The highest BCUT2D eigenvalue weighted by Crippen LogP contribution is 2.33. The van der Waals surface area contributed by atoms with Crippen molar-refractivity contribution < 1.29 is 13.6 Å². The van der Waals surface area contributed by atoms with Gasteiger partial charge in [0.15, 0.2) is 0 Å². The van der Waals surface area contributed by atoms with Gasteiger partial charge in [0, 0.05) is 30.6 Å². The van der Waals surface area contributed by atoms with Gasteiger partial charge in [-0.25, -0.2) is 13.8 Å². The van der Waals surface area contributed by atoms with Gasteiger partial charge >= 0.3 is 0 Å². The molecule has 2 N–H and O–H groups in total. The highest BCUT2D eigenvalue weighted by atomic mass is 32.1. The Morgan fingerprint density at radius 2 is 2.38 bits per heavy atom. The van der Waals surface area contributed by atoms with E-state index < -0.39 is 6.43 Å². The molecule has 1 amide bonds. The maximum atomic E-state index is 13.0. The minimum atomic E-state index is -2.66. The number of aromatic nitrogens is 4. The number of halogens is 2. The van der Waals surface area contributed by atoms with Crippen molar-refractivity contribution in [2.75, 3.05) is 0 Å². The topological polar surface area (TPSA) is 75.6 Å². The zero-order chi connectivity index (χ0) is 16.8. The number of H-pyrrole nitrogens is 1. The summed E-state index contributed by atoms with van der Waals surface area (Å²) in [5, 5.41) is 7.16. The Morgan fingerprint density at radius 3 is 3.17 bits per heavy atom. The van der Waals surface area contributed by atoms with Crippen LogP contribution in [0.2, 0.25) is 0 Å². The quantitative estimate of drug-likeness (QED) is 0.762. The third-order valence-corrected chi connectivity index (χ3v) is 5.49.